The number of aromatic nitrogens is 2. The molecule has 38 heavy (non-hydrogen) atoms. The van der Waals surface area contributed by atoms with Gasteiger partial charge in [0.25, 0.3) is 11.8 Å². The highest BCUT2D eigenvalue weighted by molar-refractivity contribution is 7.17. The Kier molecular flexibility index (Phi) is 9.50. The fourth-order valence-electron chi connectivity index (χ4n) is 4.18. The lowest BCUT2D eigenvalue weighted by Gasteiger charge is -2.37. The first-order chi connectivity index (χ1) is 18.2. The van der Waals surface area contributed by atoms with Crippen LogP contribution in [0.25, 0.3) is 0 Å². The van der Waals surface area contributed by atoms with Crippen LogP contribution in [-0.4, -0.2) is 92.8 Å². The van der Waals surface area contributed by atoms with Crippen molar-refractivity contribution in [2.45, 2.75) is 38.7 Å². The number of methoxy groups -OCH3 is 1. The Morgan fingerprint density at radius 3 is 2.58 bits per heavy atom. The van der Waals surface area contributed by atoms with Crippen molar-refractivity contribution in [3.63, 3.8) is 0 Å². The first kappa shape index (κ1) is 28.6. The number of rotatable bonds is 9. The van der Waals surface area contributed by atoms with E-state index < -0.39 is 30.2 Å². The van der Waals surface area contributed by atoms with E-state index in [1.54, 1.807) is 21.0 Å². The molecule has 2 aromatic rings. The van der Waals surface area contributed by atoms with Gasteiger partial charge in [-0.05, 0) is 20.3 Å². The number of aryl methyl sites for hydroxylation is 1. The summed E-state index contributed by atoms with van der Waals surface area (Å²) in [5, 5.41) is 6.60. The second-order valence-corrected chi connectivity index (χ2v) is 10.4. The highest BCUT2D eigenvalue weighted by Gasteiger charge is 2.35. The minimum Gasteiger partial charge on any atom is -0.462 e. The fraction of sp³-hybridized carbons (Fsp3) is 0.565. The zero-order valence-electron chi connectivity index (χ0n) is 21.1. The molecule has 2 saturated heterocycles. The van der Waals surface area contributed by atoms with Crippen molar-refractivity contribution in [1.82, 2.24) is 20.6 Å². The number of nitrogens with zero attached hydrogens (tertiary/aromatic N) is 2. The molecule has 2 aromatic heterocycles. The first-order valence-corrected chi connectivity index (χ1v) is 13.6. The fourth-order valence-corrected chi connectivity index (χ4v) is 5.59. The molecule has 2 atom stereocenters. The van der Waals surface area contributed by atoms with Crippen LogP contribution in [0.1, 0.15) is 49.7 Å². The molecule has 3 N–H and O–H groups in total. The van der Waals surface area contributed by atoms with Crippen LogP contribution in [0.4, 0.5) is 5.13 Å². The third kappa shape index (κ3) is 6.24. The summed E-state index contributed by atoms with van der Waals surface area (Å²) in [5.74, 6) is -1.55. The van der Waals surface area contributed by atoms with Crippen LogP contribution in [0.3, 0.4) is 0 Å². The second kappa shape index (κ2) is 12.6. The monoisotopic (exact) mass is 589 g/mol. The molecular weight excluding hydrogens is 561 g/mol. The molecule has 0 radical (unpaired) electrons. The number of H-pyrrole nitrogens is 1. The number of carbonyl (C=O) groups is 3. The SMILES string of the molecule is CCOC(=O)c1sc(N2CC[C@@H](NC(=O)c3[nH]c(C)c(Cl)c3Cl)[C@@H](OC)C2)nc1C(=O)NCC1OCCO1. The molecule has 0 aromatic carbocycles. The summed E-state index contributed by atoms with van der Waals surface area (Å²) >= 11 is 13.4. The lowest BCUT2D eigenvalue weighted by atomic mass is 10.0. The van der Waals surface area contributed by atoms with Gasteiger partial charge in [-0.25, -0.2) is 9.78 Å². The molecule has 4 heterocycles. The zero-order chi connectivity index (χ0) is 27.4. The Balaban J connectivity index is 1.46. The molecule has 0 aliphatic carbocycles. The molecule has 2 aliphatic rings. The van der Waals surface area contributed by atoms with Crippen LogP contribution in [0.15, 0.2) is 0 Å². The molecule has 12 nitrogen and oxygen atoms in total. The number of hydrogen-bond donors (Lipinski definition) is 3. The average Bonchev–Trinajstić information content (AvgIpc) is 3.65. The van der Waals surface area contributed by atoms with Gasteiger partial charge < -0.3 is 39.5 Å². The number of anilines is 1. The van der Waals surface area contributed by atoms with E-state index in [-0.39, 0.29) is 40.5 Å². The Morgan fingerprint density at radius 2 is 1.95 bits per heavy atom. The van der Waals surface area contributed by atoms with Crippen LogP contribution in [0.5, 0.6) is 0 Å². The molecule has 208 valence electrons. The number of piperidine rings is 1. The van der Waals surface area contributed by atoms with Crippen LogP contribution in [0, 0.1) is 6.92 Å². The number of ether oxygens (including phenoxy) is 4. The van der Waals surface area contributed by atoms with Crippen molar-refractivity contribution in [2.24, 2.45) is 0 Å². The predicted molar refractivity (Wildman–Crippen MR) is 141 cm³/mol. The largest absolute Gasteiger partial charge is 0.462 e. The maximum absolute atomic E-state index is 12.9. The third-order valence-electron chi connectivity index (χ3n) is 6.14. The number of nitrogens with one attached hydrogen (secondary N) is 3. The molecule has 15 heteroatoms. The average molecular weight is 590 g/mol. The minimum absolute atomic E-state index is 0.0283. The van der Waals surface area contributed by atoms with Crippen LogP contribution in [0.2, 0.25) is 10.0 Å². The third-order valence-corrected chi connectivity index (χ3v) is 8.19. The number of carbonyl (C=O) groups excluding carboxylic acids is 3. The van der Waals surface area contributed by atoms with Gasteiger partial charge in [0.05, 0.1) is 48.6 Å². The number of halogens is 2. The molecule has 2 aliphatic heterocycles. The molecule has 0 spiro atoms. The molecule has 0 saturated carbocycles. The van der Waals surface area contributed by atoms with Crippen LogP contribution < -0.4 is 15.5 Å². The topological polar surface area (TPSA) is 144 Å². The Labute approximate surface area is 233 Å². The maximum Gasteiger partial charge on any atom is 0.350 e. The zero-order valence-corrected chi connectivity index (χ0v) is 23.4. The summed E-state index contributed by atoms with van der Waals surface area (Å²) in [5.41, 5.74) is 0.762. The number of amides is 2. The van der Waals surface area contributed by atoms with E-state index >= 15 is 0 Å². The molecule has 2 fully saturated rings. The molecule has 2 amide bonds. The number of aromatic amines is 1. The second-order valence-electron chi connectivity index (χ2n) is 8.62. The predicted octanol–water partition coefficient (Wildman–Crippen LogP) is 2.39. The van der Waals surface area contributed by atoms with Crippen molar-refractivity contribution in [3.05, 3.63) is 32.0 Å². The quantitative estimate of drug-likeness (QED) is 0.375. The highest BCUT2D eigenvalue weighted by atomic mass is 35.5. The molecule has 4 rings (SSSR count). The van der Waals surface area contributed by atoms with E-state index in [0.717, 1.165) is 11.3 Å². The van der Waals surface area contributed by atoms with Crippen molar-refractivity contribution in [1.29, 1.82) is 0 Å². The van der Waals surface area contributed by atoms with E-state index in [0.29, 0.717) is 48.6 Å². The molecule has 0 unspecified atom stereocenters. The van der Waals surface area contributed by atoms with E-state index in [1.165, 1.54) is 0 Å². The summed E-state index contributed by atoms with van der Waals surface area (Å²) in [7, 11) is 1.55. The van der Waals surface area contributed by atoms with E-state index in [2.05, 4.69) is 20.6 Å². The van der Waals surface area contributed by atoms with Gasteiger partial charge in [-0.2, -0.15) is 0 Å². The van der Waals surface area contributed by atoms with Gasteiger partial charge >= 0.3 is 5.97 Å². The first-order valence-electron chi connectivity index (χ1n) is 12.0. The Hall–Kier alpha value is -2.42. The summed E-state index contributed by atoms with van der Waals surface area (Å²) < 4.78 is 21.5. The summed E-state index contributed by atoms with van der Waals surface area (Å²) in [6.07, 6.45) is -0.427. The van der Waals surface area contributed by atoms with Crippen molar-refractivity contribution >= 4 is 57.5 Å². The van der Waals surface area contributed by atoms with Crippen molar-refractivity contribution < 1.29 is 33.3 Å². The Bertz CT molecular complexity index is 1180. The van der Waals surface area contributed by atoms with Gasteiger partial charge in [-0.1, -0.05) is 34.5 Å². The normalized spacial score (nSPS) is 20.0. The van der Waals surface area contributed by atoms with E-state index in [4.69, 9.17) is 42.1 Å². The van der Waals surface area contributed by atoms with Gasteiger partial charge in [-0.3, -0.25) is 9.59 Å². The van der Waals surface area contributed by atoms with E-state index in [1.807, 2.05) is 4.90 Å². The Morgan fingerprint density at radius 1 is 1.21 bits per heavy atom. The standard InChI is InChI=1S/C23H29Cl2N5O7S/c1-4-35-22(33)19-18(20(31)26-9-14-36-7-8-37-14)29-23(38-19)30-6-5-12(13(10-30)34-3)28-21(32)17-16(25)15(24)11(2)27-17/h12-14,27H,4-10H2,1-3H3,(H,26,31)(H,28,32)/t12-,13+/m1/s1. The van der Waals surface area contributed by atoms with Crippen molar-refractivity contribution in [3.8, 4) is 0 Å². The molecule has 0 bridgehead atoms. The number of esters is 1. The van der Waals surface area contributed by atoms with Crippen molar-refractivity contribution in [2.75, 3.05) is 51.5 Å². The molecular formula is C23H29Cl2N5O7S. The van der Waals surface area contributed by atoms with Gasteiger partial charge in [0.2, 0.25) is 0 Å². The van der Waals surface area contributed by atoms with Gasteiger partial charge in [0.1, 0.15) is 10.6 Å². The van der Waals surface area contributed by atoms with Gasteiger partial charge in [-0.15, -0.1) is 0 Å². The van der Waals surface area contributed by atoms with Gasteiger partial charge in [0, 0.05) is 25.9 Å². The van der Waals surface area contributed by atoms with E-state index in [9.17, 15) is 14.4 Å². The van der Waals surface area contributed by atoms with Crippen LogP contribution in [-0.2, 0) is 18.9 Å². The maximum atomic E-state index is 12.9. The lowest BCUT2D eigenvalue weighted by Crippen LogP contribution is -2.55. The number of hydrogen-bond acceptors (Lipinski definition) is 10. The number of thiazole rings is 1. The summed E-state index contributed by atoms with van der Waals surface area (Å²) in [6, 6.07) is -0.319. The van der Waals surface area contributed by atoms with Gasteiger partial charge in [0.15, 0.2) is 17.1 Å². The summed E-state index contributed by atoms with van der Waals surface area (Å²) in [4.78, 5) is 47.8. The summed E-state index contributed by atoms with van der Waals surface area (Å²) in [6.45, 7) is 5.46. The lowest BCUT2D eigenvalue weighted by molar-refractivity contribution is -0.0379. The van der Waals surface area contributed by atoms with Crippen LogP contribution >= 0.6 is 34.5 Å². The minimum atomic E-state index is -0.628. The highest BCUT2D eigenvalue weighted by Crippen LogP contribution is 2.31. The smallest absolute Gasteiger partial charge is 0.350 e.